The molecule has 0 saturated heterocycles. The molecule has 1 N–H and O–H groups in total. The smallest absolute Gasteiger partial charge is 0.311 e. The Morgan fingerprint density at radius 3 is 2.61 bits per heavy atom. The van der Waals surface area contributed by atoms with Gasteiger partial charge >= 0.3 is 5.97 Å². The van der Waals surface area contributed by atoms with Crippen molar-refractivity contribution in [2.75, 3.05) is 20.3 Å². The number of rotatable bonds is 11. The molecule has 0 fully saturated rings. The summed E-state index contributed by atoms with van der Waals surface area (Å²) in [6.45, 7) is 8.67. The molecule has 0 aliphatic carbocycles. The zero-order valence-corrected chi connectivity index (χ0v) is 20.5. The van der Waals surface area contributed by atoms with Crippen molar-refractivity contribution in [2.45, 2.75) is 65.5 Å². The maximum absolute atomic E-state index is 11.9. The van der Waals surface area contributed by atoms with Crippen LogP contribution in [0.4, 0.5) is 0 Å². The Balaban J connectivity index is 1.95. The van der Waals surface area contributed by atoms with Crippen LogP contribution in [-0.4, -0.2) is 49.7 Å². The summed E-state index contributed by atoms with van der Waals surface area (Å²) in [6, 6.07) is 7.63. The number of methoxy groups -OCH3 is 1. The van der Waals surface area contributed by atoms with E-state index in [-0.39, 0.29) is 18.7 Å². The van der Waals surface area contributed by atoms with E-state index in [1.54, 1.807) is 19.3 Å². The van der Waals surface area contributed by atoms with Crippen molar-refractivity contribution >= 4 is 5.97 Å². The minimum absolute atomic E-state index is 0.0424. The number of esters is 1. The number of benzene rings is 1. The molecule has 0 radical (unpaired) electrons. The van der Waals surface area contributed by atoms with Gasteiger partial charge in [-0.25, -0.2) is 0 Å². The maximum atomic E-state index is 11.9. The third kappa shape index (κ3) is 9.95. The molecular weight excluding hydrogens is 420 g/mol. The Morgan fingerprint density at radius 1 is 1.24 bits per heavy atom. The molecule has 1 aliphatic heterocycles. The summed E-state index contributed by atoms with van der Waals surface area (Å²) in [5.74, 6) is 0.530. The van der Waals surface area contributed by atoms with Crippen molar-refractivity contribution in [2.24, 2.45) is 5.41 Å². The Labute approximate surface area is 197 Å². The number of ether oxygens (including phenoxy) is 4. The highest BCUT2D eigenvalue weighted by Crippen LogP contribution is 2.18. The van der Waals surface area contributed by atoms with Gasteiger partial charge in [-0.15, -0.1) is 0 Å². The van der Waals surface area contributed by atoms with E-state index >= 15 is 0 Å². The summed E-state index contributed by atoms with van der Waals surface area (Å²) in [6.07, 6.45) is 9.35. The van der Waals surface area contributed by atoms with Crippen LogP contribution in [0.15, 0.2) is 60.2 Å². The van der Waals surface area contributed by atoms with Crippen molar-refractivity contribution < 1.29 is 28.8 Å². The highest BCUT2D eigenvalue weighted by Gasteiger charge is 2.22. The number of aliphatic hydroxyl groups excluding tert-OH is 1. The normalized spacial score (nSPS) is 18.8. The predicted octanol–water partition coefficient (Wildman–Crippen LogP) is 4.77. The van der Waals surface area contributed by atoms with Gasteiger partial charge < -0.3 is 24.1 Å². The molecule has 2 rings (SSSR count). The van der Waals surface area contributed by atoms with Gasteiger partial charge in [0, 0.05) is 0 Å². The molecule has 6 nitrogen and oxygen atoms in total. The van der Waals surface area contributed by atoms with Gasteiger partial charge in [0.1, 0.15) is 12.4 Å². The Hall–Kier alpha value is -2.41. The minimum Gasteiger partial charge on any atom is -0.497 e. The largest absolute Gasteiger partial charge is 0.497 e. The zero-order chi connectivity index (χ0) is 24.3. The summed E-state index contributed by atoms with van der Waals surface area (Å²) < 4.78 is 22.2. The van der Waals surface area contributed by atoms with Crippen LogP contribution in [0.1, 0.15) is 46.1 Å². The fraction of sp³-hybridized carbons (Fsp3) is 0.519. The lowest BCUT2D eigenvalue weighted by atomic mass is 9.97. The topological polar surface area (TPSA) is 74.2 Å². The van der Waals surface area contributed by atoms with Crippen LogP contribution in [0.2, 0.25) is 0 Å². The molecule has 33 heavy (non-hydrogen) atoms. The number of hydrogen-bond donors (Lipinski definition) is 1. The first kappa shape index (κ1) is 26.8. The first-order valence-corrected chi connectivity index (χ1v) is 11.4. The number of hydrogen-bond acceptors (Lipinski definition) is 6. The van der Waals surface area contributed by atoms with Gasteiger partial charge in [-0.1, -0.05) is 48.1 Å². The van der Waals surface area contributed by atoms with Crippen LogP contribution in [0.5, 0.6) is 5.75 Å². The van der Waals surface area contributed by atoms with Crippen LogP contribution in [0.3, 0.4) is 0 Å². The molecule has 182 valence electrons. The molecule has 0 saturated carbocycles. The SMILES string of the molecule is COc1ccc(CO[C@@H](CC=CCOC(=O)C(C)(C)C)[C@@H](O)C=C[C@@H]2CC(C)=CCO2)cc1. The Kier molecular flexibility index (Phi) is 10.8. The fourth-order valence-corrected chi connectivity index (χ4v) is 3.13. The summed E-state index contributed by atoms with van der Waals surface area (Å²) in [4.78, 5) is 11.9. The van der Waals surface area contributed by atoms with Crippen molar-refractivity contribution in [1.82, 2.24) is 0 Å². The minimum atomic E-state index is -0.806. The number of carbonyl (C=O) groups excluding carboxylic acids is 1. The zero-order valence-electron chi connectivity index (χ0n) is 20.5. The highest BCUT2D eigenvalue weighted by molar-refractivity contribution is 5.75. The van der Waals surface area contributed by atoms with Crippen LogP contribution in [-0.2, 0) is 25.6 Å². The van der Waals surface area contributed by atoms with E-state index in [1.807, 2.05) is 57.2 Å². The van der Waals surface area contributed by atoms with E-state index in [0.717, 1.165) is 17.7 Å². The van der Waals surface area contributed by atoms with E-state index in [4.69, 9.17) is 18.9 Å². The maximum Gasteiger partial charge on any atom is 0.311 e. The van der Waals surface area contributed by atoms with Gasteiger partial charge in [0.2, 0.25) is 0 Å². The van der Waals surface area contributed by atoms with Gasteiger partial charge in [0.15, 0.2) is 0 Å². The van der Waals surface area contributed by atoms with E-state index in [2.05, 4.69) is 13.0 Å². The lowest BCUT2D eigenvalue weighted by molar-refractivity contribution is -0.151. The van der Waals surface area contributed by atoms with Gasteiger partial charge in [-0.2, -0.15) is 0 Å². The number of carbonyl (C=O) groups is 1. The second-order valence-electron chi connectivity index (χ2n) is 9.25. The highest BCUT2D eigenvalue weighted by atomic mass is 16.5. The summed E-state index contributed by atoms with van der Waals surface area (Å²) in [5.41, 5.74) is 1.73. The molecule has 1 aromatic carbocycles. The Bertz CT molecular complexity index is 816. The molecule has 0 amide bonds. The second kappa shape index (κ2) is 13.3. The van der Waals surface area contributed by atoms with Crippen molar-refractivity contribution in [3.63, 3.8) is 0 Å². The second-order valence-corrected chi connectivity index (χ2v) is 9.25. The average molecular weight is 459 g/mol. The van der Waals surface area contributed by atoms with Crippen molar-refractivity contribution in [3.8, 4) is 5.75 Å². The van der Waals surface area contributed by atoms with Gasteiger partial charge in [0.25, 0.3) is 0 Å². The van der Waals surface area contributed by atoms with Crippen LogP contribution in [0.25, 0.3) is 0 Å². The average Bonchev–Trinajstić information content (AvgIpc) is 2.78. The van der Waals surface area contributed by atoms with Crippen LogP contribution in [0, 0.1) is 5.41 Å². The molecule has 0 spiro atoms. The van der Waals surface area contributed by atoms with E-state index < -0.39 is 17.6 Å². The van der Waals surface area contributed by atoms with Crippen LogP contribution < -0.4 is 4.74 Å². The predicted molar refractivity (Wildman–Crippen MR) is 129 cm³/mol. The monoisotopic (exact) mass is 458 g/mol. The van der Waals surface area contributed by atoms with Crippen LogP contribution >= 0.6 is 0 Å². The molecule has 3 atom stereocenters. The fourth-order valence-electron chi connectivity index (χ4n) is 3.13. The molecule has 1 aromatic rings. The van der Waals surface area contributed by atoms with E-state index in [9.17, 15) is 9.90 Å². The third-order valence-corrected chi connectivity index (χ3v) is 5.25. The molecular formula is C27H38O6. The van der Waals surface area contributed by atoms with E-state index in [0.29, 0.717) is 19.6 Å². The lowest BCUT2D eigenvalue weighted by Gasteiger charge is -2.22. The lowest BCUT2D eigenvalue weighted by Crippen LogP contribution is -2.27. The van der Waals surface area contributed by atoms with Crippen molar-refractivity contribution in [1.29, 1.82) is 0 Å². The van der Waals surface area contributed by atoms with Crippen molar-refractivity contribution in [3.05, 3.63) is 65.8 Å². The third-order valence-electron chi connectivity index (χ3n) is 5.25. The Morgan fingerprint density at radius 2 is 1.97 bits per heavy atom. The van der Waals surface area contributed by atoms with E-state index in [1.165, 1.54) is 5.57 Å². The quantitative estimate of drug-likeness (QED) is 0.380. The summed E-state index contributed by atoms with van der Waals surface area (Å²) in [5, 5.41) is 10.8. The molecule has 1 heterocycles. The first-order chi connectivity index (χ1) is 15.7. The summed E-state index contributed by atoms with van der Waals surface area (Å²) >= 11 is 0. The number of aliphatic hydroxyl groups is 1. The standard InChI is InChI=1S/C27H38O6/c1-20-15-17-31-23(18-20)13-14-24(28)25(8-6-7-16-32-26(29)27(2,3)4)33-19-21-9-11-22(30-5)12-10-21/h6-7,9-15,23-25,28H,8,16-19H2,1-5H3/t23-,24+,25+/m1/s1. The van der Waals surface area contributed by atoms with Gasteiger partial charge in [0.05, 0.1) is 44.1 Å². The van der Waals surface area contributed by atoms with Gasteiger partial charge in [-0.3, -0.25) is 4.79 Å². The van der Waals surface area contributed by atoms with Gasteiger partial charge in [-0.05, 0) is 58.2 Å². The molecule has 0 aromatic heterocycles. The summed E-state index contributed by atoms with van der Waals surface area (Å²) in [7, 11) is 1.63. The molecule has 0 unspecified atom stereocenters. The first-order valence-electron chi connectivity index (χ1n) is 11.4. The molecule has 0 bridgehead atoms. The molecule has 1 aliphatic rings. The molecule has 6 heteroatoms.